The molecule has 2 nitrogen and oxygen atoms in total. The molecule has 0 radical (unpaired) electrons. The van der Waals surface area contributed by atoms with E-state index in [2.05, 4.69) is 25.1 Å². The van der Waals surface area contributed by atoms with Gasteiger partial charge in [0.25, 0.3) is 0 Å². The van der Waals surface area contributed by atoms with Crippen LogP contribution < -0.4 is 0 Å². The van der Waals surface area contributed by atoms with E-state index in [9.17, 15) is 4.79 Å². The Morgan fingerprint density at radius 2 is 2.12 bits per heavy atom. The quantitative estimate of drug-likeness (QED) is 0.451. The second-order valence-electron chi connectivity index (χ2n) is 3.27. The van der Waals surface area contributed by atoms with Gasteiger partial charge in [0.2, 0.25) is 0 Å². The summed E-state index contributed by atoms with van der Waals surface area (Å²) in [6, 6.07) is 5.76. The maximum atomic E-state index is 10.9. The molecule has 0 unspecified atom stereocenters. The highest BCUT2D eigenvalue weighted by molar-refractivity contribution is 7.99. The van der Waals surface area contributed by atoms with Crippen LogP contribution in [0.1, 0.15) is 19.0 Å². The van der Waals surface area contributed by atoms with Crippen LogP contribution >= 0.6 is 11.8 Å². The Kier molecular flexibility index (Phi) is 9.06. The molecular formula is C14H19NOS. The highest BCUT2D eigenvalue weighted by Gasteiger charge is 1.99. The second-order valence-corrected chi connectivity index (χ2v) is 4.27. The van der Waals surface area contributed by atoms with Gasteiger partial charge in [0.1, 0.15) is 0 Å². The molecule has 17 heavy (non-hydrogen) atoms. The van der Waals surface area contributed by atoms with Crippen molar-refractivity contribution in [2.24, 2.45) is 0 Å². The standard InChI is InChI=1S/C10H11NOS.C4H8/c1-3-9(12)7-13-10-6-4-5-8(2)11-10;1-3-4-2/h3-6H,1,7H2,2H3;3H,1,4H2,2H3. The molecular weight excluding hydrogens is 230 g/mol. The summed E-state index contributed by atoms with van der Waals surface area (Å²) < 4.78 is 0. The van der Waals surface area contributed by atoms with E-state index in [0.29, 0.717) is 5.75 Å². The molecule has 0 atom stereocenters. The molecule has 0 N–H and O–H groups in total. The van der Waals surface area contributed by atoms with Gasteiger partial charge in [0.05, 0.1) is 10.8 Å². The third-order valence-electron chi connectivity index (χ3n) is 1.74. The lowest BCUT2D eigenvalue weighted by Gasteiger charge is -1.98. The van der Waals surface area contributed by atoms with Crippen LogP contribution in [0.2, 0.25) is 0 Å². The minimum absolute atomic E-state index is 0.0355. The predicted molar refractivity (Wildman–Crippen MR) is 75.4 cm³/mol. The van der Waals surface area contributed by atoms with E-state index in [0.717, 1.165) is 17.1 Å². The van der Waals surface area contributed by atoms with Crippen molar-refractivity contribution in [3.8, 4) is 0 Å². The fraction of sp³-hybridized carbons (Fsp3) is 0.286. The van der Waals surface area contributed by atoms with Crippen molar-refractivity contribution in [2.45, 2.75) is 25.3 Å². The van der Waals surface area contributed by atoms with E-state index < -0.39 is 0 Å². The molecule has 0 aliphatic heterocycles. The SMILES string of the molecule is C=CC(=O)CSc1cccc(C)n1.C=CCC. The molecule has 92 valence electrons. The molecule has 0 saturated carbocycles. The summed E-state index contributed by atoms with van der Waals surface area (Å²) in [5.41, 5.74) is 0.969. The first-order chi connectivity index (χ1) is 8.13. The van der Waals surface area contributed by atoms with Gasteiger partial charge in [-0.1, -0.05) is 37.4 Å². The lowest BCUT2D eigenvalue weighted by molar-refractivity contribution is -0.112. The number of carbonyl (C=O) groups is 1. The summed E-state index contributed by atoms with van der Waals surface area (Å²) in [4.78, 5) is 15.2. The fourth-order valence-electron chi connectivity index (χ4n) is 0.802. The third kappa shape index (κ3) is 8.46. The van der Waals surface area contributed by atoms with Crippen molar-refractivity contribution >= 4 is 17.5 Å². The molecule has 1 aromatic rings. The topological polar surface area (TPSA) is 30.0 Å². The molecule has 0 aliphatic rings. The Labute approximate surface area is 108 Å². The predicted octanol–water partition coefficient (Wildman–Crippen LogP) is 3.82. The number of allylic oxidation sites excluding steroid dienone is 2. The van der Waals surface area contributed by atoms with Crippen molar-refractivity contribution in [1.82, 2.24) is 4.98 Å². The Bertz CT molecular complexity index is 374. The van der Waals surface area contributed by atoms with Gasteiger partial charge >= 0.3 is 0 Å². The van der Waals surface area contributed by atoms with E-state index in [1.54, 1.807) is 0 Å². The van der Waals surface area contributed by atoms with Crippen LogP contribution in [0.4, 0.5) is 0 Å². The number of hydrogen-bond acceptors (Lipinski definition) is 3. The first kappa shape index (κ1) is 15.7. The molecule has 0 saturated heterocycles. The van der Waals surface area contributed by atoms with Crippen LogP contribution in [0.15, 0.2) is 48.5 Å². The van der Waals surface area contributed by atoms with E-state index >= 15 is 0 Å². The normalized spacial score (nSPS) is 8.82. The molecule has 0 fully saturated rings. The molecule has 0 aromatic carbocycles. The minimum atomic E-state index is 0.0355. The number of aryl methyl sites for hydroxylation is 1. The number of nitrogens with zero attached hydrogens (tertiary/aromatic N) is 1. The number of rotatable bonds is 5. The molecule has 1 aromatic heterocycles. The monoisotopic (exact) mass is 249 g/mol. The number of pyridine rings is 1. The van der Waals surface area contributed by atoms with Crippen LogP contribution in [0.5, 0.6) is 0 Å². The molecule has 1 heterocycles. The number of carbonyl (C=O) groups excluding carboxylic acids is 1. The van der Waals surface area contributed by atoms with Crippen LogP contribution in [0.3, 0.4) is 0 Å². The average molecular weight is 249 g/mol. The summed E-state index contributed by atoms with van der Waals surface area (Å²) >= 11 is 1.44. The van der Waals surface area contributed by atoms with E-state index in [1.807, 2.05) is 31.2 Å². The Hall–Kier alpha value is -1.35. The molecule has 0 aliphatic carbocycles. The Morgan fingerprint density at radius 3 is 2.59 bits per heavy atom. The van der Waals surface area contributed by atoms with E-state index in [4.69, 9.17) is 0 Å². The van der Waals surface area contributed by atoms with Gasteiger partial charge in [0, 0.05) is 5.69 Å². The van der Waals surface area contributed by atoms with Crippen LogP contribution in [-0.4, -0.2) is 16.5 Å². The fourth-order valence-corrected chi connectivity index (χ4v) is 1.59. The Morgan fingerprint density at radius 1 is 1.47 bits per heavy atom. The van der Waals surface area contributed by atoms with Crippen molar-refractivity contribution in [3.05, 3.63) is 49.2 Å². The smallest absolute Gasteiger partial charge is 0.165 e. The Balaban J connectivity index is 0.000000557. The number of aromatic nitrogens is 1. The van der Waals surface area contributed by atoms with Gasteiger partial charge in [0.15, 0.2) is 5.78 Å². The first-order valence-electron chi connectivity index (χ1n) is 5.46. The second kappa shape index (κ2) is 9.85. The summed E-state index contributed by atoms with van der Waals surface area (Å²) in [5.74, 6) is 0.452. The van der Waals surface area contributed by atoms with Crippen molar-refractivity contribution in [2.75, 3.05) is 5.75 Å². The lowest BCUT2D eigenvalue weighted by atomic mass is 10.4. The van der Waals surface area contributed by atoms with Gasteiger partial charge < -0.3 is 0 Å². The summed E-state index contributed by atoms with van der Waals surface area (Å²) in [5, 5.41) is 0.884. The summed E-state index contributed by atoms with van der Waals surface area (Å²) in [7, 11) is 0. The zero-order valence-corrected chi connectivity index (χ0v) is 11.3. The molecule has 0 spiro atoms. The largest absolute Gasteiger partial charge is 0.294 e. The van der Waals surface area contributed by atoms with Gasteiger partial charge in [-0.15, -0.1) is 6.58 Å². The van der Waals surface area contributed by atoms with E-state index in [1.165, 1.54) is 17.8 Å². The highest BCUT2D eigenvalue weighted by atomic mass is 32.2. The average Bonchev–Trinajstić information content (AvgIpc) is 2.36. The van der Waals surface area contributed by atoms with Crippen molar-refractivity contribution in [1.29, 1.82) is 0 Å². The van der Waals surface area contributed by atoms with Gasteiger partial charge in [-0.25, -0.2) is 4.98 Å². The number of hydrogen-bond donors (Lipinski definition) is 0. The van der Waals surface area contributed by atoms with Gasteiger partial charge in [-0.2, -0.15) is 0 Å². The van der Waals surface area contributed by atoms with Crippen LogP contribution in [0, 0.1) is 6.92 Å². The van der Waals surface area contributed by atoms with Gasteiger partial charge in [-0.05, 0) is 31.6 Å². The third-order valence-corrected chi connectivity index (χ3v) is 2.69. The highest BCUT2D eigenvalue weighted by Crippen LogP contribution is 2.14. The summed E-state index contributed by atoms with van der Waals surface area (Å²) in [6.07, 6.45) is 4.29. The maximum absolute atomic E-state index is 10.9. The molecule has 0 amide bonds. The van der Waals surface area contributed by atoms with Crippen molar-refractivity contribution in [3.63, 3.8) is 0 Å². The van der Waals surface area contributed by atoms with Crippen LogP contribution in [0.25, 0.3) is 0 Å². The van der Waals surface area contributed by atoms with Gasteiger partial charge in [-0.3, -0.25) is 4.79 Å². The number of thioether (sulfide) groups is 1. The lowest BCUT2D eigenvalue weighted by Crippen LogP contribution is -1.95. The molecule has 0 bridgehead atoms. The first-order valence-corrected chi connectivity index (χ1v) is 6.45. The summed E-state index contributed by atoms with van der Waals surface area (Å²) in [6.45, 7) is 10.9. The number of ketones is 1. The molecule has 3 heteroatoms. The zero-order valence-electron chi connectivity index (χ0n) is 10.5. The van der Waals surface area contributed by atoms with E-state index in [-0.39, 0.29) is 5.78 Å². The molecule has 1 rings (SSSR count). The maximum Gasteiger partial charge on any atom is 0.165 e. The van der Waals surface area contributed by atoms with Crippen molar-refractivity contribution < 1.29 is 4.79 Å². The van der Waals surface area contributed by atoms with Crippen LogP contribution in [-0.2, 0) is 4.79 Å². The zero-order chi connectivity index (χ0) is 13.1. The minimum Gasteiger partial charge on any atom is -0.294 e.